The minimum Gasteiger partial charge on any atom is -0.313 e. The van der Waals surface area contributed by atoms with Gasteiger partial charge in [0.15, 0.2) is 0 Å². The number of rotatable bonds is 7. The minimum atomic E-state index is 0.641. The van der Waals surface area contributed by atoms with E-state index in [4.69, 9.17) is 0 Å². The van der Waals surface area contributed by atoms with Gasteiger partial charge in [-0.25, -0.2) is 0 Å². The van der Waals surface area contributed by atoms with Crippen molar-refractivity contribution in [2.75, 3.05) is 6.54 Å². The molecule has 0 aromatic rings. The summed E-state index contributed by atoms with van der Waals surface area (Å²) in [5.41, 5.74) is 1.32. The maximum atomic E-state index is 4.03. The van der Waals surface area contributed by atoms with Gasteiger partial charge >= 0.3 is 0 Å². The van der Waals surface area contributed by atoms with Crippen LogP contribution in [0.2, 0.25) is 0 Å². The molecule has 4 unspecified atom stereocenters. The summed E-state index contributed by atoms with van der Waals surface area (Å²) < 4.78 is 0. The summed E-state index contributed by atoms with van der Waals surface area (Å²) in [5, 5.41) is 4.03. The molecule has 0 aromatic carbocycles. The second-order valence-corrected chi connectivity index (χ2v) is 9.33. The van der Waals surface area contributed by atoms with Crippen LogP contribution in [0.1, 0.15) is 85.5 Å². The lowest BCUT2D eigenvalue weighted by Crippen LogP contribution is -2.60. The van der Waals surface area contributed by atoms with Gasteiger partial charge in [-0.3, -0.25) is 0 Å². The smallest absolute Gasteiger partial charge is 0.0149 e. The monoisotopic (exact) mass is 291 g/mol. The molecule has 4 bridgehead atoms. The Hall–Kier alpha value is -0.0400. The zero-order valence-electron chi connectivity index (χ0n) is 14.9. The molecule has 1 N–H and O–H groups in total. The van der Waals surface area contributed by atoms with E-state index >= 15 is 0 Å². The highest BCUT2D eigenvalue weighted by atomic mass is 14.9. The molecule has 122 valence electrons. The van der Waals surface area contributed by atoms with Gasteiger partial charge in [-0.15, -0.1) is 0 Å². The van der Waals surface area contributed by atoms with E-state index in [1.165, 1.54) is 57.9 Å². The largest absolute Gasteiger partial charge is 0.313 e. The van der Waals surface area contributed by atoms with E-state index in [1.54, 1.807) is 6.42 Å². The molecule has 4 saturated carbocycles. The van der Waals surface area contributed by atoms with Crippen LogP contribution in [-0.2, 0) is 0 Å². The first kappa shape index (κ1) is 15.8. The topological polar surface area (TPSA) is 12.0 Å². The lowest BCUT2D eigenvalue weighted by molar-refractivity contribution is -0.125. The third-order valence-electron chi connectivity index (χ3n) is 6.99. The Morgan fingerprint density at radius 1 is 1.05 bits per heavy atom. The molecule has 0 radical (unpaired) electrons. The highest BCUT2D eigenvalue weighted by molar-refractivity contribution is 5.10. The van der Waals surface area contributed by atoms with E-state index in [2.05, 4.69) is 33.0 Å². The van der Waals surface area contributed by atoms with Crippen LogP contribution in [0.25, 0.3) is 0 Å². The Bertz CT molecular complexity index is 347. The van der Waals surface area contributed by atoms with Crippen molar-refractivity contribution in [3.8, 4) is 0 Å². The fourth-order valence-electron chi connectivity index (χ4n) is 7.11. The molecule has 0 aliphatic heterocycles. The van der Waals surface area contributed by atoms with Crippen LogP contribution in [0.15, 0.2) is 0 Å². The number of nitrogens with one attached hydrogen (secondary N) is 1. The highest BCUT2D eigenvalue weighted by Crippen LogP contribution is 2.66. The summed E-state index contributed by atoms with van der Waals surface area (Å²) in [4.78, 5) is 0. The van der Waals surface area contributed by atoms with Gasteiger partial charge in [-0.1, -0.05) is 34.1 Å². The zero-order chi connectivity index (χ0) is 15.1. The standard InChI is InChI=1S/C20H37N/c1-5-7-15(3)18(21-8-6-2)20-12-16-9-17(13-20)11-19(4,10-16)14-20/h15-18,21H,5-14H2,1-4H3. The van der Waals surface area contributed by atoms with Crippen molar-refractivity contribution in [3.63, 3.8) is 0 Å². The van der Waals surface area contributed by atoms with Crippen LogP contribution in [0, 0.1) is 28.6 Å². The van der Waals surface area contributed by atoms with E-state index in [-0.39, 0.29) is 0 Å². The molecule has 21 heavy (non-hydrogen) atoms. The number of hydrogen-bond donors (Lipinski definition) is 1. The molecule has 0 aromatic heterocycles. The van der Waals surface area contributed by atoms with Gasteiger partial charge in [0.25, 0.3) is 0 Å². The van der Waals surface area contributed by atoms with Crippen molar-refractivity contribution < 1.29 is 0 Å². The van der Waals surface area contributed by atoms with E-state index in [1.807, 2.05) is 0 Å². The molecule has 4 fully saturated rings. The molecule has 4 aliphatic rings. The Kier molecular flexibility index (Phi) is 4.43. The van der Waals surface area contributed by atoms with Gasteiger partial charge in [0, 0.05) is 6.04 Å². The third-order valence-corrected chi connectivity index (χ3v) is 6.99. The van der Waals surface area contributed by atoms with Crippen molar-refractivity contribution in [1.82, 2.24) is 5.32 Å². The van der Waals surface area contributed by atoms with Crippen molar-refractivity contribution in [1.29, 1.82) is 0 Å². The predicted molar refractivity (Wildman–Crippen MR) is 91.4 cm³/mol. The summed E-state index contributed by atoms with van der Waals surface area (Å²) in [6.07, 6.45) is 13.2. The molecule has 0 saturated heterocycles. The van der Waals surface area contributed by atoms with Crippen molar-refractivity contribution in [3.05, 3.63) is 0 Å². The van der Waals surface area contributed by atoms with Crippen LogP contribution in [0.5, 0.6) is 0 Å². The Balaban J connectivity index is 1.83. The molecule has 4 rings (SSSR count). The quantitative estimate of drug-likeness (QED) is 0.662. The maximum absolute atomic E-state index is 4.03. The van der Waals surface area contributed by atoms with E-state index in [0.29, 0.717) is 10.8 Å². The maximum Gasteiger partial charge on any atom is 0.0149 e. The first-order chi connectivity index (χ1) is 10.0. The van der Waals surface area contributed by atoms with Crippen molar-refractivity contribution in [2.45, 2.75) is 91.5 Å². The third kappa shape index (κ3) is 2.92. The fraction of sp³-hybridized carbons (Fsp3) is 1.00. The summed E-state index contributed by atoms with van der Waals surface area (Å²) >= 11 is 0. The van der Waals surface area contributed by atoms with Gasteiger partial charge in [-0.05, 0) is 86.5 Å². The molecule has 0 spiro atoms. The minimum absolute atomic E-state index is 0.641. The second-order valence-electron chi connectivity index (χ2n) is 9.33. The fourth-order valence-corrected chi connectivity index (χ4v) is 7.11. The van der Waals surface area contributed by atoms with Gasteiger partial charge in [0.2, 0.25) is 0 Å². The highest BCUT2D eigenvalue weighted by Gasteiger charge is 2.58. The lowest BCUT2D eigenvalue weighted by Gasteiger charge is -2.64. The molecular weight excluding hydrogens is 254 g/mol. The molecule has 4 atom stereocenters. The summed E-state index contributed by atoms with van der Waals surface area (Å²) in [6.45, 7) is 11.0. The van der Waals surface area contributed by atoms with Crippen LogP contribution in [0.4, 0.5) is 0 Å². The van der Waals surface area contributed by atoms with Gasteiger partial charge in [0.05, 0.1) is 0 Å². The first-order valence-corrected chi connectivity index (χ1v) is 9.73. The molecule has 0 heterocycles. The van der Waals surface area contributed by atoms with Crippen LogP contribution >= 0.6 is 0 Å². The van der Waals surface area contributed by atoms with Crippen LogP contribution in [0.3, 0.4) is 0 Å². The Morgan fingerprint density at radius 2 is 1.71 bits per heavy atom. The van der Waals surface area contributed by atoms with E-state index in [9.17, 15) is 0 Å². The number of hydrogen-bond acceptors (Lipinski definition) is 1. The predicted octanol–water partition coefficient (Wildman–Crippen LogP) is 5.40. The zero-order valence-corrected chi connectivity index (χ0v) is 14.9. The lowest BCUT2D eigenvalue weighted by atomic mass is 9.42. The van der Waals surface area contributed by atoms with Crippen molar-refractivity contribution >= 4 is 0 Å². The average molecular weight is 292 g/mol. The SMILES string of the molecule is CCCNC(C(C)CCC)C12CC3CC(CC(C)(C3)C1)C2. The molecule has 1 nitrogen and oxygen atoms in total. The summed E-state index contributed by atoms with van der Waals surface area (Å²) in [5.74, 6) is 2.95. The first-order valence-electron chi connectivity index (χ1n) is 9.73. The Morgan fingerprint density at radius 3 is 2.24 bits per heavy atom. The van der Waals surface area contributed by atoms with E-state index < -0.39 is 0 Å². The molecule has 1 heteroatoms. The summed E-state index contributed by atoms with van der Waals surface area (Å²) in [6, 6.07) is 0.780. The van der Waals surface area contributed by atoms with Crippen LogP contribution in [-0.4, -0.2) is 12.6 Å². The van der Waals surface area contributed by atoms with Gasteiger partial charge < -0.3 is 5.32 Å². The molecule has 4 aliphatic carbocycles. The molecule has 0 amide bonds. The normalized spacial score (nSPS) is 44.0. The van der Waals surface area contributed by atoms with Crippen LogP contribution < -0.4 is 5.32 Å². The van der Waals surface area contributed by atoms with E-state index in [0.717, 1.165) is 23.8 Å². The van der Waals surface area contributed by atoms with Crippen molar-refractivity contribution in [2.24, 2.45) is 28.6 Å². The summed E-state index contributed by atoms with van der Waals surface area (Å²) in [7, 11) is 0. The Labute approximate surface area is 132 Å². The van der Waals surface area contributed by atoms with Gasteiger partial charge in [-0.2, -0.15) is 0 Å². The second kappa shape index (κ2) is 5.87. The molecular formula is C20H37N. The van der Waals surface area contributed by atoms with Gasteiger partial charge in [0.1, 0.15) is 0 Å². The average Bonchev–Trinajstić information content (AvgIpc) is 2.36.